The minimum absolute atomic E-state index is 0.290. The van der Waals surface area contributed by atoms with E-state index < -0.39 is 5.97 Å². The zero-order valence-electron chi connectivity index (χ0n) is 9.36. The number of fused-ring (bicyclic) bond motifs is 1. The van der Waals surface area contributed by atoms with Crippen LogP contribution >= 0.6 is 0 Å². The summed E-state index contributed by atoms with van der Waals surface area (Å²) >= 11 is 0. The van der Waals surface area contributed by atoms with Gasteiger partial charge in [0.2, 0.25) is 5.58 Å². The monoisotopic (exact) mass is 220 g/mol. The van der Waals surface area contributed by atoms with Gasteiger partial charge in [-0.25, -0.2) is 4.79 Å². The van der Waals surface area contributed by atoms with Crippen LogP contribution in [0.3, 0.4) is 0 Å². The van der Waals surface area contributed by atoms with Crippen molar-refractivity contribution in [2.75, 3.05) is 0 Å². The fourth-order valence-corrected chi connectivity index (χ4v) is 1.83. The predicted octanol–water partition coefficient (Wildman–Crippen LogP) is 2.14. The molecule has 0 radical (unpaired) electrons. The highest BCUT2D eigenvalue weighted by Gasteiger charge is 2.19. The number of carboxylic acids is 1. The molecule has 0 atom stereocenters. The van der Waals surface area contributed by atoms with Gasteiger partial charge in [-0.3, -0.25) is 0 Å². The Kier molecular flexibility index (Phi) is 2.64. The van der Waals surface area contributed by atoms with Crippen molar-refractivity contribution < 1.29 is 18.9 Å². The highest BCUT2D eigenvalue weighted by Crippen LogP contribution is 2.15. The number of benzene rings is 1. The molecule has 4 nitrogen and oxygen atoms in total. The molecule has 1 aromatic carbocycles. The number of aromatic carboxylic acids is 1. The van der Waals surface area contributed by atoms with Gasteiger partial charge in [0.05, 0.1) is 12.5 Å². The van der Waals surface area contributed by atoms with Gasteiger partial charge in [-0.2, -0.15) is 4.57 Å². The van der Waals surface area contributed by atoms with E-state index in [0.29, 0.717) is 0 Å². The number of carbonyl (C=O) groups is 1. The topological polar surface area (TPSA) is 54.3 Å². The van der Waals surface area contributed by atoms with Crippen LogP contribution in [0.5, 0.6) is 0 Å². The van der Waals surface area contributed by atoms with Gasteiger partial charge in [-0.15, -0.1) is 0 Å². The van der Waals surface area contributed by atoms with Crippen molar-refractivity contribution in [3.05, 3.63) is 29.7 Å². The third-order valence-corrected chi connectivity index (χ3v) is 2.58. The molecule has 2 aromatic rings. The molecular formula is C12H14NO3+. The third-order valence-electron chi connectivity index (χ3n) is 2.58. The Morgan fingerprint density at radius 3 is 2.88 bits per heavy atom. The summed E-state index contributed by atoms with van der Waals surface area (Å²) in [5.74, 6) is -0.108. The van der Waals surface area contributed by atoms with E-state index in [1.54, 1.807) is 18.2 Å². The number of rotatable bonds is 3. The van der Waals surface area contributed by atoms with E-state index in [1.807, 2.05) is 11.5 Å². The number of nitrogens with zero attached hydrogens (tertiary/aromatic N) is 1. The molecule has 0 unspecified atom stereocenters. The number of hydrogen-bond acceptors (Lipinski definition) is 2. The summed E-state index contributed by atoms with van der Waals surface area (Å²) in [5.41, 5.74) is 1.87. The quantitative estimate of drug-likeness (QED) is 0.806. The minimum atomic E-state index is -0.913. The SMILES string of the molecule is CCC[n+]1c(C)oc2ccc(C(=O)O)cc21. The molecule has 0 aliphatic heterocycles. The van der Waals surface area contributed by atoms with Crippen LogP contribution in [0, 0.1) is 6.92 Å². The highest BCUT2D eigenvalue weighted by molar-refractivity contribution is 5.91. The van der Waals surface area contributed by atoms with Crippen LogP contribution in [0.25, 0.3) is 11.1 Å². The molecule has 0 aliphatic rings. The molecule has 0 saturated carbocycles. The van der Waals surface area contributed by atoms with Crippen molar-refractivity contribution in [3.8, 4) is 0 Å². The second kappa shape index (κ2) is 3.96. The van der Waals surface area contributed by atoms with Crippen LogP contribution in [0.2, 0.25) is 0 Å². The summed E-state index contributed by atoms with van der Waals surface area (Å²) in [6.07, 6.45) is 0.984. The van der Waals surface area contributed by atoms with Gasteiger partial charge in [0.15, 0.2) is 6.54 Å². The molecule has 0 amide bonds. The largest absolute Gasteiger partial charge is 0.478 e. The van der Waals surface area contributed by atoms with Crippen molar-refractivity contribution in [2.24, 2.45) is 0 Å². The Balaban J connectivity index is 2.64. The van der Waals surface area contributed by atoms with Crippen LogP contribution in [-0.2, 0) is 6.54 Å². The molecule has 1 N–H and O–H groups in total. The lowest BCUT2D eigenvalue weighted by Crippen LogP contribution is -2.34. The predicted molar refractivity (Wildman–Crippen MR) is 58.4 cm³/mol. The van der Waals surface area contributed by atoms with Gasteiger partial charge in [-0.1, -0.05) is 6.92 Å². The van der Waals surface area contributed by atoms with Crippen LogP contribution in [0.1, 0.15) is 29.6 Å². The standard InChI is InChI=1S/C12H13NO3/c1-3-6-13-8(2)16-11-5-4-9(12(14)15)7-10(11)13/h4-5,7H,3,6H2,1-2H3/p+1. The second-order valence-corrected chi connectivity index (χ2v) is 3.76. The summed E-state index contributed by atoms with van der Waals surface area (Å²) in [5, 5.41) is 8.93. The maximum Gasteiger partial charge on any atom is 0.344 e. The molecule has 1 heterocycles. The van der Waals surface area contributed by atoms with E-state index in [0.717, 1.165) is 30.0 Å². The number of oxazole rings is 1. The first-order valence-electron chi connectivity index (χ1n) is 5.29. The molecule has 0 saturated heterocycles. The van der Waals surface area contributed by atoms with Crippen molar-refractivity contribution in [2.45, 2.75) is 26.8 Å². The van der Waals surface area contributed by atoms with Gasteiger partial charge in [0.1, 0.15) is 0 Å². The molecule has 0 bridgehead atoms. The lowest BCUT2D eigenvalue weighted by Gasteiger charge is -1.93. The molecule has 1 aromatic heterocycles. The van der Waals surface area contributed by atoms with Crippen molar-refractivity contribution >= 4 is 17.1 Å². The first kappa shape index (κ1) is 10.7. The first-order chi connectivity index (χ1) is 7.63. The molecule has 16 heavy (non-hydrogen) atoms. The van der Waals surface area contributed by atoms with E-state index >= 15 is 0 Å². The third kappa shape index (κ3) is 1.66. The van der Waals surface area contributed by atoms with Crippen LogP contribution in [0.15, 0.2) is 22.6 Å². The fraction of sp³-hybridized carbons (Fsp3) is 0.333. The lowest BCUT2D eigenvalue weighted by atomic mass is 10.2. The van der Waals surface area contributed by atoms with Gasteiger partial charge in [-0.05, 0) is 12.1 Å². The Morgan fingerprint density at radius 1 is 1.50 bits per heavy atom. The molecule has 2 rings (SSSR count). The average molecular weight is 220 g/mol. The van der Waals surface area contributed by atoms with Gasteiger partial charge in [0.25, 0.3) is 5.52 Å². The van der Waals surface area contributed by atoms with Crippen molar-refractivity contribution in [3.63, 3.8) is 0 Å². The lowest BCUT2D eigenvalue weighted by molar-refractivity contribution is -0.682. The highest BCUT2D eigenvalue weighted by atomic mass is 16.4. The van der Waals surface area contributed by atoms with Gasteiger partial charge < -0.3 is 9.52 Å². The zero-order chi connectivity index (χ0) is 11.7. The number of aryl methyl sites for hydroxylation is 2. The molecule has 4 heteroatoms. The maximum atomic E-state index is 10.9. The Labute approximate surface area is 93.1 Å². The number of aromatic nitrogens is 1. The summed E-state index contributed by atoms with van der Waals surface area (Å²) in [7, 11) is 0. The Morgan fingerprint density at radius 2 is 2.25 bits per heavy atom. The average Bonchev–Trinajstić information content (AvgIpc) is 2.55. The van der Waals surface area contributed by atoms with E-state index in [1.165, 1.54) is 0 Å². The maximum absolute atomic E-state index is 10.9. The van der Waals surface area contributed by atoms with Crippen LogP contribution in [0.4, 0.5) is 0 Å². The summed E-state index contributed by atoms with van der Waals surface area (Å²) in [6, 6.07) is 4.92. The van der Waals surface area contributed by atoms with E-state index in [4.69, 9.17) is 9.52 Å². The fourth-order valence-electron chi connectivity index (χ4n) is 1.83. The number of carboxylic acid groups (broad SMARTS) is 1. The van der Waals surface area contributed by atoms with Crippen molar-refractivity contribution in [1.82, 2.24) is 0 Å². The minimum Gasteiger partial charge on any atom is -0.478 e. The molecule has 84 valence electrons. The number of hydrogen-bond donors (Lipinski definition) is 1. The first-order valence-corrected chi connectivity index (χ1v) is 5.29. The normalized spacial score (nSPS) is 10.9. The van der Waals surface area contributed by atoms with E-state index in [2.05, 4.69) is 6.92 Å². The molecular weight excluding hydrogens is 206 g/mol. The van der Waals surface area contributed by atoms with Gasteiger partial charge >= 0.3 is 11.9 Å². The second-order valence-electron chi connectivity index (χ2n) is 3.76. The van der Waals surface area contributed by atoms with Crippen LogP contribution < -0.4 is 4.57 Å². The summed E-state index contributed by atoms with van der Waals surface area (Å²) < 4.78 is 7.56. The zero-order valence-corrected chi connectivity index (χ0v) is 9.36. The smallest absolute Gasteiger partial charge is 0.344 e. The summed E-state index contributed by atoms with van der Waals surface area (Å²) in [4.78, 5) is 10.9. The Hall–Kier alpha value is -1.84. The van der Waals surface area contributed by atoms with E-state index in [-0.39, 0.29) is 5.56 Å². The molecule has 0 spiro atoms. The molecule has 0 fully saturated rings. The van der Waals surface area contributed by atoms with Crippen molar-refractivity contribution in [1.29, 1.82) is 0 Å². The van der Waals surface area contributed by atoms with Gasteiger partial charge in [0, 0.05) is 12.5 Å². The summed E-state index contributed by atoms with van der Waals surface area (Å²) in [6.45, 7) is 4.80. The molecule has 0 aliphatic carbocycles. The Bertz CT molecular complexity index is 542. The van der Waals surface area contributed by atoms with Crippen LogP contribution in [-0.4, -0.2) is 11.1 Å². The van der Waals surface area contributed by atoms with E-state index in [9.17, 15) is 4.79 Å².